The zero-order valence-electron chi connectivity index (χ0n) is 11.7. The molecule has 0 aliphatic carbocycles. The summed E-state index contributed by atoms with van der Waals surface area (Å²) in [5, 5.41) is 11.5. The Morgan fingerprint density at radius 3 is 2.48 bits per heavy atom. The predicted molar refractivity (Wildman–Crippen MR) is 71.4 cm³/mol. The zero-order chi connectivity index (χ0) is 16.0. The monoisotopic (exact) mass is 301 g/mol. The van der Waals surface area contributed by atoms with E-state index in [1.165, 1.54) is 24.3 Å². The Hall–Kier alpha value is -2.18. The molecule has 116 valence electrons. The topological polar surface area (TPSA) is 75.6 Å². The van der Waals surface area contributed by atoms with Crippen LogP contribution in [0.2, 0.25) is 0 Å². The van der Waals surface area contributed by atoms with Crippen molar-refractivity contribution in [1.29, 1.82) is 0 Å². The Balaban J connectivity index is 2.95. The normalized spacial score (nSPS) is 13.6. The molecule has 1 aromatic carbocycles. The van der Waals surface area contributed by atoms with Crippen molar-refractivity contribution >= 4 is 11.9 Å². The average Bonchev–Trinajstić information content (AvgIpc) is 2.43. The molecule has 2 N–H and O–H groups in total. The van der Waals surface area contributed by atoms with Gasteiger partial charge < -0.3 is 15.2 Å². The zero-order valence-corrected chi connectivity index (χ0v) is 11.7. The molecule has 0 aromatic heterocycles. The van der Waals surface area contributed by atoms with E-state index in [0.29, 0.717) is 6.42 Å². The number of carbonyl (C=O) groups excluding carboxylic acids is 1. The third-order valence-corrected chi connectivity index (χ3v) is 3.11. The van der Waals surface area contributed by atoms with Gasteiger partial charge in [-0.2, -0.15) is 8.78 Å². The van der Waals surface area contributed by atoms with Crippen LogP contribution in [0.15, 0.2) is 24.3 Å². The number of alkyl halides is 2. The maximum Gasteiger partial charge on any atom is 0.387 e. The number of carbonyl (C=O) groups is 2. The smallest absolute Gasteiger partial charge is 0.387 e. The van der Waals surface area contributed by atoms with Crippen LogP contribution < -0.4 is 10.1 Å². The lowest BCUT2D eigenvalue weighted by atomic mass is 9.99. The number of nitrogens with one attached hydrogen (secondary N) is 1. The molecule has 0 saturated carbocycles. The van der Waals surface area contributed by atoms with Crippen LogP contribution in [-0.4, -0.2) is 29.6 Å². The van der Waals surface area contributed by atoms with E-state index in [2.05, 4.69) is 10.1 Å². The summed E-state index contributed by atoms with van der Waals surface area (Å²) in [4.78, 5) is 23.2. The highest BCUT2D eigenvalue weighted by atomic mass is 19.3. The summed E-state index contributed by atoms with van der Waals surface area (Å²) in [5.74, 6) is -2.53. The highest BCUT2D eigenvalue weighted by Gasteiger charge is 2.27. The fourth-order valence-electron chi connectivity index (χ4n) is 1.76. The second-order valence-corrected chi connectivity index (χ2v) is 4.55. The molecule has 5 nitrogen and oxygen atoms in total. The molecule has 0 heterocycles. The number of para-hydroxylation sites is 1. The Morgan fingerprint density at radius 1 is 1.33 bits per heavy atom. The highest BCUT2D eigenvalue weighted by molar-refractivity contribution is 5.98. The lowest BCUT2D eigenvalue weighted by molar-refractivity contribution is -0.140. The van der Waals surface area contributed by atoms with Crippen LogP contribution in [0.4, 0.5) is 8.78 Å². The molecule has 1 rings (SSSR count). The molecule has 2 atom stereocenters. The number of aliphatic carboxylic acids is 1. The Labute approximate surface area is 120 Å². The quantitative estimate of drug-likeness (QED) is 0.811. The molecule has 7 heteroatoms. The number of ether oxygens (including phenoxy) is 1. The highest BCUT2D eigenvalue weighted by Crippen LogP contribution is 2.20. The SMILES string of the molecule is CC[C@H](C)[C@H](NC(=O)c1ccccc1OC(F)F)C(=O)O. The van der Waals surface area contributed by atoms with Gasteiger partial charge in [0, 0.05) is 0 Å². The lowest BCUT2D eigenvalue weighted by Crippen LogP contribution is -2.45. The van der Waals surface area contributed by atoms with Crippen molar-refractivity contribution in [2.45, 2.75) is 32.9 Å². The van der Waals surface area contributed by atoms with Crippen molar-refractivity contribution in [3.63, 3.8) is 0 Å². The summed E-state index contributed by atoms with van der Waals surface area (Å²) in [6, 6.07) is 4.34. The van der Waals surface area contributed by atoms with Crippen molar-refractivity contribution in [3.05, 3.63) is 29.8 Å². The van der Waals surface area contributed by atoms with E-state index < -0.39 is 24.5 Å². The number of halogens is 2. The van der Waals surface area contributed by atoms with Gasteiger partial charge in [0.1, 0.15) is 11.8 Å². The number of amides is 1. The van der Waals surface area contributed by atoms with Crippen LogP contribution in [-0.2, 0) is 4.79 Å². The van der Waals surface area contributed by atoms with E-state index in [1.54, 1.807) is 13.8 Å². The van der Waals surface area contributed by atoms with E-state index in [0.717, 1.165) is 0 Å². The Morgan fingerprint density at radius 2 is 1.95 bits per heavy atom. The van der Waals surface area contributed by atoms with Crippen LogP contribution in [0.25, 0.3) is 0 Å². The Bertz CT molecular complexity index is 508. The minimum atomic E-state index is -3.07. The van der Waals surface area contributed by atoms with Gasteiger partial charge in [0.25, 0.3) is 5.91 Å². The third kappa shape index (κ3) is 4.70. The van der Waals surface area contributed by atoms with Crippen molar-refractivity contribution < 1.29 is 28.2 Å². The molecule has 0 spiro atoms. The summed E-state index contributed by atoms with van der Waals surface area (Å²) >= 11 is 0. The van der Waals surface area contributed by atoms with Crippen LogP contribution in [0.5, 0.6) is 5.75 Å². The fourth-order valence-corrected chi connectivity index (χ4v) is 1.76. The molecule has 0 unspecified atom stereocenters. The van der Waals surface area contributed by atoms with E-state index in [4.69, 9.17) is 5.11 Å². The van der Waals surface area contributed by atoms with Gasteiger partial charge in [-0.3, -0.25) is 4.79 Å². The summed E-state index contributed by atoms with van der Waals surface area (Å²) in [7, 11) is 0. The molecule has 1 aromatic rings. The van der Waals surface area contributed by atoms with Crippen LogP contribution in [0, 0.1) is 5.92 Å². The maximum absolute atomic E-state index is 12.3. The first-order valence-corrected chi connectivity index (χ1v) is 6.44. The van der Waals surface area contributed by atoms with Gasteiger partial charge >= 0.3 is 12.6 Å². The summed E-state index contributed by atoms with van der Waals surface area (Å²) in [6.07, 6.45) is 0.548. The minimum absolute atomic E-state index is 0.132. The number of benzene rings is 1. The van der Waals surface area contributed by atoms with E-state index in [1.807, 2.05) is 0 Å². The first kappa shape index (κ1) is 16.9. The van der Waals surface area contributed by atoms with Crippen molar-refractivity contribution in [3.8, 4) is 5.75 Å². The number of carboxylic acids is 1. The van der Waals surface area contributed by atoms with Gasteiger partial charge in [-0.1, -0.05) is 32.4 Å². The summed E-state index contributed by atoms with van der Waals surface area (Å²) < 4.78 is 28.8. The molecule has 0 fully saturated rings. The molecule has 1 amide bonds. The second-order valence-electron chi connectivity index (χ2n) is 4.55. The van der Waals surface area contributed by atoms with Crippen molar-refractivity contribution in [2.75, 3.05) is 0 Å². The molecule has 0 aliphatic heterocycles. The summed E-state index contributed by atoms with van der Waals surface area (Å²) in [6.45, 7) is 0.408. The molecule has 0 radical (unpaired) electrons. The van der Waals surface area contributed by atoms with E-state index in [9.17, 15) is 18.4 Å². The molecule has 0 aliphatic rings. The molecular weight excluding hydrogens is 284 g/mol. The fraction of sp³-hybridized carbons (Fsp3) is 0.429. The van der Waals surface area contributed by atoms with Gasteiger partial charge in [0.05, 0.1) is 5.56 Å². The van der Waals surface area contributed by atoms with Crippen LogP contribution >= 0.6 is 0 Å². The second kappa shape index (κ2) is 7.56. The number of hydrogen-bond donors (Lipinski definition) is 2. The van der Waals surface area contributed by atoms with Gasteiger partial charge in [0.2, 0.25) is 0 Å². The first-order valence-electron chi connectivity index (χ1n) is 6.44. The summed E-state index contributed by atoms with van der Waals surface area (Å²) in [5.41, 5.74) is -0.132. The van der Waals surface area contributed by atoms with Crippen LogP contribution in [0.1, 0.15) is 30.6 Å². The Kier molecular flexibility index (Phi) is 6.08. The average molecular weight is 301 g/mol. The van der Waals surface area contributed by atoms with Crippen molar-refractivity contribution in [1.82, 2.24) is 5.32 Å². The number of carboxylic acid groups (broad SMARTS) is 1. The first-order chi connectivity index (χ1) is 9.86. The molecule has 0 bridgehead atoms. The standard InChI is InChI=1S/C14H17F2NO4/c1-3-8(2)11(13(19)20)17-12(18)9-6-4-5-7-10(9)21-14(15)16/h4-8,11,14H,3H2,1-2H3,(H,17,18)(H,19,20)/t8-,11-/m0/s1. The van der Waals surface area contributed by atoms with Gasteiger partial charge in [-0.15, -0.1) is 0 Å². The molecule has 21 heavy (non-hydrogen) atoms. The van der Waals surface area contributed by atoms with Crippen molar-refractivity contribution in [2.24, 2.45) is 5.92 Å². The van der Waals surface area contributed by atoms with Gasteiger partial charge in [-0.05, 0) is 18.1 Å². The predicted octanol–water partition coefficient (Wildman–Crippen LogP) is 2.52. The lowest BCUT2D eigenvalue weighted by Gasteiger charge is -2.20. The third-order valence-electron chi connectivity index (χ3n) is 3.11. The molecular formula is C14H17F2NO4. The van der Waals surface area contributed by atoms with Crippen LogP contribution in [0.3, 0.4) is 0 Å². The van der Waals surface area contributed by atoms with E-state index in [-0.39, 0.29) is 17.2 Å². The maximum atomic E-state index is 12.3. The van der Waals surface area contributed by atoms with E-state index >= 15 is 0 Å². The number of hydrogen-bond acceptors (Lipinski definition) is 3. The minimum Gasteiger partial charge on any atom is -0.480 e. The van der Waals surface area contributed by atoms with Gasteiger partial charge in [0.15, 0.2) is 0 Å². The van der Waals surface area contributed by atoms with Gasteiger partial charge in [-0.25, -0.2) is 4.79 Å². The number of rotatable bonds is 7. The molecule has 0 saturated heterocycles. The largest absolute Gasteiger partial charge is 0.480 e.